The Bertz CT molecular complexity index is 508. The second-order valence-electron chi connectivity index (χ2n) is 3.87. The lowest BCUT2D eigenvalue weighted by Gasteiger charge is -2.00. The zero-order valence-electron chi connectivity index (χ0n) is 10.2. The lowest BCUT2D eigenvalue weighted by atomic mass is 10.3. The van der Waals surface area contributed by atoms with Crippen LogP contribution in [0.5, 0.6) is 0 Å². The van der Waals surface area contributed by atoms with E-state index in [0.29, 0.717) is 6.61 Å². The highest BCUT2D eigenvalue weighted by atomic mass is 16.5. The van der Waals surface area contributed by atoms with Crippen molar-refractivity contribution in [3.63, 3.8) is 0 Å². The molecule has 0 bridgehead atoms. The van der Waals surface area contributed by atoms with E-state index in [0.717, 1.165) is 18.5 Å². The first-order chi connectivity index (χ1) is 8.81. The van der Waals surface area contributed by atoms with Crippen molar-refractivity contribution in [1.29, 1.82) is 0 Å². The van der Waals surface area contributed by atoms with E-state index in [1.54, 1.807) is 10.9 Å². The van der Waals surface area contributed by atoms with Crippen molar-refractivity contribution in [3.05, 3.63) is 42.2 Å². The van der Waals surface area contributed by atoms with Gasteiger partial charge in [-0.25, -0.2) is 9.48 Å². The van der Waals surface area contributed by atoms with Gasteiger partial charge in [0.15, 0.2) is 5.69 Å². The molecule has 18 heavy (non-hydrogen) atoms. The predicted molar refractivity (Wildman–Crippen MR) is 66.5 cm³/mol. The first-order valence-corrected chi connectivity index (χ1v) is 5.96. The number of nitrogens with zero attached hydrogens (tertiary/aromatic N) is 3. The van der Waals surface area contributed by atoms with Gasteiger partial charge < -0.3 is 4.74 Å². The van der Waals surface area contributed by atoms with Gasteiger partial charge in [-0.3, -0.25) is 0 Å². The predicted octanol–water partition coefficient (Wildman–Crippen LogP) is 2.22. The molecule has 2 rings (SSSR count). The smallest absolute Gasteiger partial charge is 0.360 e. The molecule has 0 fully saturated rings. The highest BCUT2D eigenvalue weighted by Gasteiger charge is 2.12. The molecule has 0 N–H and O–H groups in total. The third-order valence-electron chi connectivity index (χ3n) is 2.45. The third kappa shape index (κ3) is 2.94. The van der Waals surface area contributed by atoms with Gasteiger partial charge in [0.05, 0.1) is 18.5 Å². The fourth-order valence-corrected chi connectivity index (χ4v) is 1.45. The Kier molecular flexibility index (Phi) is 4.06. The van der Waals surface area contributed by atoms with E-state index in [4.69, 9.17) is 4.74 Å². The Morgan fingerprint density at radius 3 is 2.83 bits per heavy atom. The average molecular weight is 245 g/mol. The number of carbonyl (C=O) groups excluding carboxylic acids is 1. The van der Waals surface area contributed by atoms with E-state index in [1.807, 2.05) is 37.3 Å². The minimum Gasteiger partial charge on any atom is -0.461 e. The van der Waals surface area contributed by atoms with Crippen LogP contribution < -0.4 is 0 Å². The maximum Gasteiger partial charge on any atom is 0.360 e. The fourth-order valence-electron chi connectivity index (χ4n) is 1.45. The van der Waals surface area contributed by atoms with Gasteiger partial charge in [-0.05, 0) is 18.6 Å². The summed E-state index contributed by atoms with van der Waals surface area (Å²) in [5.41, 5.74) is 1.09. The molecule has 2 aromatic rings. The standard InChI is InChI=1S/C13H15N3O2/c1-2-3-9-18-13(17)12-10-16(15-14-12)11-7-5-4-6-8-11/h4-8,10H,2-3,9H2,1H3. The molecule has 1 aromatic heterocycles. The molecule has 5 heteroatoms. The van der Waals surface area contributed by atoms with Crippen molar-refractivity contribution in [2.45, 2.75) is 19.8 Å². The molecule has 0 amide bonds. The molecule has 0 aliphatic rings. The Labute approximate surface area is 105 Å². The van der Waals surface area contributed by atoms with E-state index >= 15 is 0 Å². The van der Waals surface area contributed by atoms with E-state index in [2.05, 4.69) is 10.3 Å². The average Bonchev–Trinajstić information content (AvgIpc) is 2.89. The van der Waals surface area contributed by atoms with Gasteiger partial charge in [0.25, 0.3) is 0 Å². The van der Waals surface area contributed by atoms with Gasteiger partial charge in [0.1, 0.15) is 0 Å². The van der Waals surface area contributed by atoms with Crippen LogP contribution in [0, 0.1) is 0 Å². The second-order valence-corrected chi connectivity index (χ2v) is 3.87. The van der Waals surface area contributed by atoms with E-state index in [-0.39, 0.29) is 5.69 Å². The first kappa shape index (κ1) is 12.3. The quantitative estimate of drug-likeness (QED) is 0.598. The number of hydrogen-bond donors (Lipinski definition) is 0. The molecule has 0 saturated heterocycles. The maximum atomic E-state index is 11.6. The highest BCUT2D eigenvalue weighted by molar-refractivity contribution is 5.86. The van der Waals surface area contributed by atoms with Crippen molar-refractivity contribution in [2.75, 3.05) is 6.61 Å². The minimum absolute atomic E-state index is 0.231. The zero-order valence-corrected chi connectivity index (χ0v) is 10.2. The minimum atomic E-state index is -0.425. The largest absolute Gasteiger partial charge is 0.461 e. The summed E-state index contributed by atoms with van der Waals surface area (Å²) >= 11 is 0. The summed E-state index contributed by atoms with van der Waals surface area (Å²) < 4.78 is 6.61. The molecule has 94 valence electrons. The summed E-state index contributed by atoms with van der Waals surface area (Å²) in [6.45, 7) is 2.47. The number of rotatable bonds is 5. The molecule has 0 atom stereocenters. The first-order valence-electron chi connectivity index (χ1n) is 5.96. The van der Waals surface area contributed by atoms with E-state index in [9.17, 15) is 4.79 Å². The SMILES string of the molecule is CCCCOC(=O)c1cn(-c2ccccc2)nn1. The number of esters is 1. The summed E-state index contributed by atoms with van der Waals surface area (Å²) in [4.78, 5) is 11.6. The Morgan fingerprint density at radius 1 is 1.33 bits per heavy atom. The summed E-state index contributed by atoms with van der Waals surface area (Å²) in [6.07, 6.45) is 3.42. The second kappa shape index (κ2) is 5.95. The van der Waals surface area contributed by atoms with Gasteiger partial charge in [-0.15, -0.1) is 5.10 Å². The van der Waals surface area contributed by atoms with Gasteiger partial charge in [-0.2, -0.15) is 0 Å². The Balaban J connectivity index is 2.04. The van der Waals surface area contributed by atoms with Gasteiger partial charge in [0.2, 0.25) is 0 Å². The molecule has 0 spiro atoms. The summed E-state index contributed by atoms with van der Waals surface area (Å²) in [7, 11) is 0. The monoisotopic (exact) mass is 245 g/mol. The van der Waals surface area contributed by atoms with E-state index < -0.39 is 5.97 Å². The van der Waals surface area contributed by atoms with Crippen LogP contribution in [0.2, 0.25) is 0 Å². The van der Waals surface area contributed by atoms with Crippen LogP contribution in [0.3, 0.4) is 0 Å². The van der Waals surface area contributed by atoms with Crippen molar-refractivity contribution in [2.24, 2.45) is 0 Å². The molecule has 1 aromatic carbocycles. The lowest BCUT2D eigenvalue weighted by Crippen LogP contribution is -2.06. The number of carbonyl (C=O) groups is 1. The van der Waals surface area contributed by atoms with Crippen LogP contribution in [-0.4, -0.2) is 27.6 Å². The van der Waals surface area contributed by atoms with Crippen molar-refractivity contribution >= 4 is 5.97 Å². The molecular formula is C13H15N3O2. The van der Waals surface area contributed by atoms with Gasteiger partial charge in [0, 0.05) is 0 Å². The molecule has 0 unspecified atom stereocenters. The van der Waals surface area contributed by atoms with Crippen LogP contribution >= 0.6 is 0 Å². The number of unbranched alkanes of at least 4 members (excludes halogenated alkanes) is 1. The van der Waals surface area contributed by atoms with Crippen molar-refractivity contribution < 1.29 is 9.53 Å². The number of benzene rings is 1. The lowest BCUT2D eigenvalue weighted by molar-refractivity contribution is 0.0492. The topological polar surface area (TPSA) is 57.0 Å². The number of ether oxygens (including phenoxy) is 1. The zero-order chi connectivity index (χ0) is 12.8. The third-order valence-corrected chi connectivity index (χ3v) is 2.45. The Morgan fingerprint density at radius 2 is 2.11 bits per heavy atom. The molecule has 1 heterocycles. The molecule has 0 saturated carbocycles. The fraction of sp³-hybridized carbons (Fsp3) is 0.308. The number of hydrogen-bond acceptors (Lipinski definition) is 4. The van der Waals surface area contributed by atoms with Crippen molar-refractivity contribution in [1.82, 2.24) is 15.0 Å². The highest BCUT2D eigenvalue weighted by Crippen LogP contribution is 2.06. The van der Waals surface area contributed by atoms with Crippen LogP contribution in [0.4, 0.5) is 0 Å². The van der Waals surface area contributed by atoms with Crippen LogP contribution in [0.1, 0.15) is 30.3 Å². The molecule has 5 nitrogen and oxygen atoms in total. The van der Waals surface area contributed by atoms with E-state index in [1.165, 1.54) is 0 Å². The summed E-state index contributed by atoms with van der Waals surface area (Å²) in [5, 5.41) is 7.71. The normalized spacial score (nSPS) is 10.3. The summed E-state index contributed by atoms with van der Waals surface area (Å²) in [5.74, 6) is -0.425. The van der Waals surface area contributed by atoms with Gasteiger partial charge >= 0.3 is 5.97 Å². The van der Waals surface area contributed by atoms with Crippen LogP contribution in [-0.2, 0) is 4.74 Å². The number of para-hydroxylation sites is 1. The number of aromatic nitrogens is 3. The molecule has 0 aliphatic carbocycles. The van der Waals surface area contributed by atoms with Crippen molar-refractivity contribution in [3.8, 4) is 5.69 Å². The summed E-state index contributed by atoms with van der Waals surface area (Å²) in [6, 6.07) is 9.49. The molecule has 0 radical (unpaired) electrons. The van der Waals surface area contributed by atoms with Crippen LogP contribution in [0.25, 0.3) is 5.69 Å². The molecular weight excluding hydrogens is 230 g/mol. The van der Waals surface area contributed by atoms with Crippen LogP contribution in [0.15, 0.2) is 36.5 Å². The Hall–Kier alpha value is -2.17. The van der Waals surface area contributed by atoms with Gasteiger partial charge in [-0.1, -0.05) is 36.8 Å². The molecule has 0 aliphatic heterocycles. The maximum absolute atomic E-state index is 11.6.